The largest absolute Gasteiger partial charge is 0.396 e. The molecule has 11 heteroatoms. The molecule has 2 rings (SSSR count). The highest BCUT2D eigenvalue weighted by Gasteiger charge is 2.42. The summed E-state index contributed by atoms with van der Waals surface area (Å²) in [6, 6.07) is 8.51. The fourth-order valence-corrected chi connectivity index (χ4v) is 3.43. The molecule has 0 heterocycles. The van der Waals surface area contributed by atoms with E-state index in [4.69, 9.17) is 5.73 Å². The van der Waals surface area contributed by atoms with E-state index in [-0.39, 0.29) is 5.56 Å². The maximum absolute atomic E-state index is 13.5. The third-order valence-corrected chi connectivity index (χ3v) is 5.12. The maximum atomic E-state index is 13.5. The minimum Gasteiger partial charge on any atom is -0.366 e. The minimum absolute atomic E-state index is 0.208. The average Bonchev–Trinajstić information content (AvgIpc) is 2.59. The molecule has 0 aliphatic carbocycles. The second kappa shape index (κ2) is 7.97. The van der Waals surface area contributed by atoms with Gasteiger partial charge in [-0.2, -0.15) is 13.2 Å². The summed E-state index contributed by atoms with van der Waals surface area (Å²) in [5.74, 6) is -5.98. The van der Waals surface area contributed by atoms with E-state index in [1.54, 1.807) is 0 Å². The van der Waals surface area contributed by atoms with Gasteiger partial charge in [-0.3, -0.25) is 9.59 Å². The van der Waals surface area contributed by atoms with Gasteiger partial charge in [0, 0.05) is 6.42 Å². The molecule has 0 aliphatic rings. The van der Waals surface area contributed by atoms with E-state index in [1.165, 1.54) is 35.1 Å². The third kappa shape index (κ3) is 5.06. The Hall–Kier alpha value is -2.95. The molecule has 0 saturated heterocycles. The Morgan fingerprint density at radius 2 is 1.68 bits per heavy atom. The number of amides is 2. The van der Waals surface area contributed by atoms with Gasteiger partial charge in [0.05, 0.1) is 16.4 Å². The first-order valence-corrected chi connectivity index (χ1v) is 9.17. The summed E-state index contributed by atoms with van der Waals surface area (Å²) in [7, 11) is -4.65. The average molecular weight is 418 g/mol. The summed E-state index contributed by atoms with van der Waals surface area (Å²) in [5, 5.41) is 0. The molecular formula is C17H14F4N2O4S. The standard InChI is InChI=1S/C17H14F4N2O4S/c18-14-7-6-11(8-12(14)16(22)25)28(26,27)23-15(24)9-13(17(19,20)21)10-4-2-1-3-5-10/h1-8,13H,9H2,(H2,22,25)(H,23,24). The normalized spacial score (nSPS) is 13.0. The predicted octanol–water partition coefficient (Wildman–Crippen LogP) is 2.47. The number of hydrogen-bond acceptors (Lipinski definition) is 4. The number of rotatable bonds is 6. The Kier molecular flexibility index (Phi) is 6.07. The molecule has 150 valence electrons. The Bertz CT molecular complexity index is 992. The van der Waals surface area contributed by atoms with Crippen LogP contribution in [0, 0.1) is 5.82 Å². The Morgan fingerprint density at radius 1 is 1.07 bits per heavy atom. The molecule has 2 amide bonds. The van der Waals surface area contributed by atoms with Gasteiger partial charge >= 0.3 is 6.18 Å². The van der Waals surface area contributed by atoms with Crippen LogP contribution in [-0.4, -0.2) is 26.4 Å². The van der Waals surface area contributed by atoms with Crippen LogP contribution in [0.1, 0.15) is 28.3 Å². The molecule has 1 unspecified atom stereocenters. The van der Waals surface area contributed by atoms with Gasteiger partial charge in [-0.1, -0.05) is 30.3 Å². The first kappa shape index (κ1) is 21.4. The molecule has 3 N–H and O–H groups in total. The van der Waals surface area contributed by atoms with Crippen LogP contribution >= 0.6 is 0 Å². The van der Waals surface area contributed by atoms with Crippen molar-refractivity contribution in [3.05, 3.63) is 65.5 Å². The fraction of sp³-hybridized carbons (Fsp3) is 0.176. The molecule has 28 heavy (non-hydrogen) atoms. The first-order valence-electron chi connectivity index (χ1n) is 7.68. The lowest BCUT2D eigenvalue weighted by molar-refractivity contribution is -0.156. The Balaban J connectivity index is 2.25. The van der Waals surface area contributed by atoms with E-state index in [1.807, 2.05) is 0 Å². The highest BCUT2D eigenvalue weighted by molar-refractivity contribution is 7.90. The second-order valence-corrected chi connectivity index (χ2v) is 7.43. The molecule has 0 aromatic heterocycles. The quantitative estimate of drug-likeness (QED) is 0.703. The zero-order chi connectivity index (χ0) is 21.1. The number of hydrogen-bond donors (Lipinski definition) is 2. The number of alkyl halides is 3. The molecule has 0 bridgehead atoms. The highest BCUT2D eigenvalue weighted by Crippen LogP contribution is 2.37. The van der Waals surface area contributed by atoms with Gasteiger partial charge in [-0.05, 0) is 23.8 Å². The Labute approximate surface area is 157 Å². The van der Waals surface area contributed by atoms with Crippen molar-refractivity contribution in [2.24, 2.45) is 5.73 Å². The molecule has 0 fully saturated rings. The second-order valence-electron chi connectivity index (χ2n) is 5.74. The van der Waals surface area contributed by atoms with E-state index >= 15 is 0 Å². The monoisotopic (exact) mass is 418 g/mol. The van der Waals surface area contributed by atoms with Crippen molar-refractivity contribution >= 4 is 21.8 Å². The van der Waals surface area contributed by atoms with Crippen LogP contribution in [0.25, 0.3) is 0 Å². The molecule has 6 nitrogen and oxygen atoms in total. The van der Waals surface area contributed by atoms with Crippen molar-refractivity contribution in [3.8, 4) is 0 Å². The number of nitrogens with one attached hydrogen (secondary N) is 1. The number of halogens is 4. The van der Waals surface area contributed by atoms with Gasteiger partial charge in [-0.25, -0.2) is 17.5 Å². The Morgan fingerprint density at radius 3 is 2.21 bits per heavy atom. The maximum Gasteiger partial charge on any atom is 0.396 e. The van der Waals surface area contributed by atoms with Crippen molar-refractivity contribution in [1.29, 1.82) is 0 Å². The summed E-state index contributed by atoms with van der Waals surface area (Å²) >= 11 is 0. The van der Waals surface area contributed by atoms with E-state index in [0.29, 0.717) is 12.1 Å². The van der Waals surface area contributed by atoms with Gasteiger partial charge in [0.25, 0.3) is 15.9 Å². The molecule has 2 aromatic rings. The van der Waals surface area contributed by atoms with Crippen LogP contribution in [0.3, 0.4) is 0 Å². The zero-order valence-corrected chi connectivity index (χ0v) is 14.9. The molecule has 0 aliphatic heterocycles. The topological polar surface area (TPSA) is 106 Å². The van der Waals surface area contributed by atoms with E-state index in [0.717, 1.165) is 6.07 Å². The van der Waals surface area contributed by atoms with Crippen LogP contribution in [-0.2, 0) is 14.8 Å². The molecule has 2 aromatic carbocycles. The zero-order valence-electron chi connectivity index (χ0n) is 14.0. The number of sulfonamides is 1. The number of benzene rings is 2. The summed E-state index contributed by atoms with van der Waals surface area (Å²) in [6.45, 7) is 0. The van der Waals surface area contributed by atoms with E-state index in [9.17, 15) is 35.6 Å². The smallest absolute Gasteiger partial charge is 0.366 e. The number of carbonyl (C=O) groups excluding carboxylic acids is 2. The molecule has 1 atom stereocenters. The lowest BCUT2D eigenvalue weighted by atomic mass is 9.95. The summed E-state index contributed by atoms with van der Waals surface area (Å²) in [5.41, 5.74) is 3.97. The van der Waals surface area contributed by atoms with Crippen molar-refractivity contribution in [2.45, 2.75) is 23.4 Å². The summed E-state index contributed by atoms with van der Waals surface area (Å²) in [4.78, 5) is 22.4. The van der Waals surface area contributed by atoms with Gasteiger partial charge < -0.3 is 5.73 Å². The lowest BCUT2D eigenvalue weighted by Crippen LogP contribution is -2.34. The van der Waals surface area contributed by atoms with Crippen molar-refractivity contribution < 1.29 is 35.6 Å². The summed E-state index contributed by atoms with van der Waals surface area (Å²) in [6.07, 6.45) is -5.98. The highest BCUT2D eigenvalue weighted by atomic mass is 32.2. The van der Waals surface area contributed by atoms with E-state index in [2.05, 4.69) is 0 Å². The number of carbonyl (C=O) groups is 2. The first-order chi connectivity index (χ1) is 12.9. The SMILES string of the molecule is NC(=O)c1cc(S(=O)(=O)NC(=O)CC(c2ccccc2)C(F)(F)F)ccc1F. The van der Waals surface area contributed by atoms with Crippen LogP contribution in [0.15, 0.2) is 53.4 Å². The van der Waals surface area contributed by atoms with Gasteiger partial charge in [0.2, 0.25) is 5.91 Å². The minimum atomic E-state index is -4.79. The van der Waals surface area contributed by atoms with Crippen molar-refractivity contribution in [1.82, 2.24) is 4.72 Å². The molecular weight excluding hydrogens is 404 g/mol. The third-order valence-electron chi connectivity index (χ3n) is 3.75. The van der Waals surface area contributed by atoms with Crippen molar-refractivity contribution in [3.63, 3.8) is 0 Å². The van der Waals surface area contributed by atoms with E-state index < -0.39 is 56.6 Å². The van der Waals surface area contributed by atoms with Crippen LogP contribution < -0.4 is 10.5 Å². The van der Waals surface area contributed by atoms with Crippen LogP contribution in [0.5, 0.6) is 0 Å². The number of primary amides is 1. The van der Waals surface area contributed by atoms with Gasteiger partial charge in [0.15, 0.2) is 0 Å². The van der Waals surface area contributed by atoms with Gasteiger partial charge in [0.1, 0.15) is 5.82 Å². The van der Waals surface area contributed by atoms with Crippen LogP contribution in [0.2, 0.25) is 0 Å². The molecule has 0 radical (unpaired) electrons. The van der Waals surface area contributed by atoms with Gasteiger partial charge in [-0.15, -0.1) is 0 Å². The number of nitrogens with two attached hydrogens (primary N) is 1. The fourth-order valence-electron chi connectivity index (χ4n) is 2.40. The molecule has 0 spiro atoms. The predicted molar refractivity (Wildman–Crippen MR) is 90.1 cm³/mol. The van der Waals surface area contributed by atoms with Crippen LogP contribution in [0.4, 0.5) is 17.6 Å². The summed E-state index contributed by atoms with van der Waals surface area (Å²) < 4.78 is 79.2. The molecule has 0 saturated carbocycles. The lowest BCUT2D eigenvalue weighted by Gasteiger charge is -2.20. The van der Waals surface area contributed by atoms with Crippen molar-refractivity contribution in [2.75, 3.05) is 0 Å².